The highest BCUT2D eigenvalue weighted by Gasteiger charge is 2.41. The Morgan fingerprint density at radius 2 is 1.92 bits per heavy atom. The van der Waals surface area contributed by atoms with Crippen molar-refractivity contribution in [2.45, 2.75) is 37.0 Å². The number of halogens is 1. The first-order chi connectivity index (χ1) is 11.8. The molecule has 2 fully saturated rings. The van der Waals surface area contributed by atoms with Gasteiger partial charge in [0.2, 0.25) is 10.0 Å². The predicted octanol–water partition coefficient (Wildman–Crippen LogP) is 1.62. The van der Waals surface area contributed by atoms with Gasteiger partial charge in [-0.15, -0.1) is 0 Å². The molecule has 1 amide bonds. The molecule has 1 aromatic carbocycles. The number of hydrogen-bond donors (Lipinski definition) is 2. The van der Waals surface area contributed by atoms with Gasteiger partial charge in [-0.25, -0.2) is 12.7 Å². The van der Waals surface area contributed by atoms with Crippen LogP contribution < -0.4 is 15.8 Å². The Kier molecular flexibility index (Phi) is 5.13. The number of nitrogens with two attached hydrogens (primary N) is 1. The third kappa shape index (κ3) is 3.86. The zero-order chi connectivity index (χ0) is 18.2. The number of hydrogen-bond acceptors (Lipinski definition) is 5. The normalized spacial score (nSPS) is 19.6. The highest BCUT2D eigenvalue weighted by atomic mass is 35.5. The number of rotatable bonds is 5. The molecule has 3 rings (SSSR count). The van der Waals surface area contributed by atoms with Crippen LogP contribution >= 0.6 is 11.6 Å². The van der Waals surface area contributed by atoms with Gasteiger partial charge in [0.25, 0.3) is 5.91 Å². The third-order valence-electron chi connectivity index (χ3n) is 4.66. The van der Waals surface area contributed by atoms with Crippen LogP contribution in [0.4, 0.5) is 5.69 Å². The van der Waals surface area contributed by atoms with Crippen molar-refractivity contribution in [3.63, 3.8) is 0 Å². The lowest BCUT2D eigenvalue weighted by atomic mass is 10.1. The minimum absolute atomic E-state index is 0.0841. The number of nitrogens with one attached hydrogen (secondary N) is 1. The van der Waals surface area contributed by atoms with E-state index < -0.39 is 10.0 Å². The Morgan fingerprint density at radius 3 is 2.48 bits per heavy atom. The first-order valence-corrected chi connectivity index (χ1v) is 10.1. The van der Waals surface area contributed by atoms with Gasteiger partial charge < -0.3 is 15.8 Å². The lowest BCUT2D eigenvalue weighted by Crippen LogP contribution is -2.47. The smallest absolute Gasteiger partial charge is 0.255 e. The van der Waals surface area contributed by atoms with Crippen molar-refractivity contribution in [1.29, 1.82) is 0 Å². The van der Waals surface area contributed by atoms with E-state index in [1.54, 1.807) is 4.31 Å². The third-order valence-corrected chi connectivity index (χ3v) is 7.38. The van der Waals surface area contributed by atoms with Crippen molar-refractivity contribution in [2.24, 2.45) is 0 Å². The van der Waals surface area contributed by atoms with E-state index in [9.17, 15) is 13.2 Å². The molecule has 1 saturated carbocycles. The van der Waals surface area contributed by atoms with Crippen LogP contribution in [0, 0.1) is 0 Å². The van der Waals surface area contributed by atoms with Gasteiger partial charge in [-0.1, -0.05) is 11.6 Å². The van der Waals surface area contributed by atoms with Gasteiger partial charge in [0.15, 0.2) is 0 Å². The van der Waals surface area contributed by atoms with Crippen LogP contribution in [-0.4, -0.2) is 50.1 Å². The zero-order valence-electron chi connectivity index (χ0n) is 14.0. The van der Waals surface area contributed by atoms with Gasteiger partial charge in [0, 0.05) is 25.2 Å². The van der Waals surface area contributed by atoms with E-state index in [0.29, 0.717) is 42.9 Å². The molecule has 2 aliphatic rings. The van der Waals surface area contributed by atoms with Gasteiger partial charge in [0.05, 0.1) is 28.6 Å². The highest BCUT2D eigenvalue weighted by molar-refractivity contribution is 7.90. The van der Waals surface area contributed by atoms with Crippen molar-refractivity contribution in [3.8, 4) is 5.75 Å². The van der Waals surface area contributed by atoms with Crippen LogP contribution in [0.15, 0.2) is 12.1 Å². The van der Waals surface area contributed by atoms with E-state index in [-0.39, 0.29) is 22.2 Å². The topological polar surface area (TPSA) is 102 Å². The quantitative estimate of drug-likeness (QED) is 0.747. The van der Waals surface area contributed by atoms with Crippen LogP contribution in [0.2, 0.25) is 5.02 Å². The number of piperidine rings is 1. The fourth-order valence-corrected chi connectivity index (χ4v) is 5.05. The average Bonchev–Trinajstić information content (AvgIpc) is 3.43. The van der Waals surface area contributed by atoms with Gasteiger partial charge in [-0.3, -0.25) is 4.79 Å². The molecule has 3 N–H and O–H groups in total. The number of benzene rings is 1. The maximum atomic E-state index is 12.5. The van der Waals surface area contributed by atoms with Crippen molar-refractivity contribution >= 4 is 33.2 Å². The summed E-state index contributed by atoms with van der Waals surface area (Å²) < 4.78 is 31.2. The number of sulfonamides is 1. The predicted molar refractivity (Wildman–Crippen MR) is 96.4 cm³/mol. The second-order valence-corrected chi connectivity index (χ2v) is 9.09. The van der Waals surface area contributed by atoms with Gasteiger partial charge >= 0.3 is 0 Å². The summed E-state index contributed by atoms with van der Waals surface area (Å²) >= 11 is 6.00. The molecule has 138 valence electrons. The van der Waals surface area contributed by atoms with Crippen LogP contribution in [0.5, 0.6) is 5.75 Å². The molecule has 9 heteroatoms. The van der Waals surface area contributed by atoms with Gasteiger partial charge in [-0.2, -0.15) is 0 Å². The van der Waals surface area contributed by atoms with Crippen molar-refractivity contribution in [1.82, 2.24) is 9.62 Å². The van der Waals surface area contributed by atoms with E-state index in [2.05, 4.69) is 5.32 Å². The Bertz CT molecular complexity index is 772. The van der Waals surface area contributed by atoms with Crippen LogP contribution in [0.3, 0.4) is 0 Å². The molecule has 1 aliphatic carbocycles. The van der Waals surface area contributed by atoms with Crippen LogP contribution in [-0.2, 0) is 10.0 Å². The molecule has 1 aliphatic heterocycles. The zero-order valence-corrected chi connectivity index (χ0v) is 15.6. The molecule has 1 aromatic rings. The number of ether oxygens (including phenoxy) is 1. The molecular formula is C16H22ClN3O4S. The summed E-state index contributed by atoms with van der Waals surface area (Å²) in [7, 11) is -1.69. The van der Waals surface area contributed by atoms with E-state index in [1.165, 1.54) is 19.2 Å². The molecule has 1 heterocycles. The molecule has 0 atom stereocenters. The van der Waals surface area contributed by atoms with E-state index in [0.717, 1.165) is 12.8 Å². The summed E-state index contributed by atoms with van der Waals surface area (Å²) in [6.07, 6.45) is 2.69. The molecule has 0 radical (unpaired) electrons. The lowest BCUT2D eigenvalue weighted by molar-refractivity contribution is 0.0921. The van der Waals surface area contributed by atoms with E-state index in [1.807, 2.05) is 0 Å². The van der Waals surface area contributed by atoms with E-state index >= 15 is 0 Å². The highest BCUT2D eigenvalue weighted by Crippen LogP contribution is 2.32. The van der Waals surface area contributed by atoms with Crippen molar-refractivity contribution < 1.29 is 17.9 Å². The minimum atomic E-state index is -3.14. The molecular weight excluding hydrogens is 366 g/mol. The SMILES string of the molecule is COc1cc(N)c(Cl)cc1C(=O)NC1CCN(S(=O)(=O)C2CC2)CC1. The first-order valence-electron chi connectivity index (χ1n) is 8.25. The number of nitrogen functional groups attached to an aromatic ring is 1. The number of carbonyl (C=O) groups is 1. The monoisotopic (exact) mass is 387 g/mol. The van der Waals surface area contributed by atoms with Crippen molar-refractivity contribution in [3.05, 3.63) is 22.7 Å². The van der Waals surface area contributed by atoms with Crippen molar-refractivity contribution in [2.75, 3.05) is 25.9 Å². The maximum Gasteiger partial charge on any atom is 0.255 e. The Hall–Kier alpha value is -1.51. The second-order valence-electron chi connectivity index (χ2n) is 6.47. The summed E-state index contributed by atoms with van der Waals surface area (Å²) in [5, 5.41) is 3.03. The standard InChI is InChI=1S/C16H22ClN3O4S/c1-24-15-9-14(18)13(17)8-12(15)16(21)19-10-4-6-20(7-5-10)25(22,23)11-2-3-11/h8-11H,2-7,18H2,1H3,(H,19,21). The minimum Gasteiger partial charge on any atom is -0.496 e. The summed E-state index contributed by atoms with van der Waals surface area (Å²) in [6, 6.07) is 2.92. The number of carbonyl (C=O) groups excluding carboxylic acids is 1. The molecule has 0 spiro atoms. The summed E-state index contributed by atoms with van der Waals surface area (Å²) in [5.41, 5.74) is 6.38. The van der Waals surface area contributed by atoms with Crippen LogP contribution in [0.1, 0.15) is 36.0 Å². The van der Waals surface area contributed by atoms with Gasteiger partial charge in [0.1, 0.15) is 5.75 Å². The Morgan fingerprint density at radius 1 is 1.28 bits per heavy atom. The van der Waals surface area contributed by atoms with E-state index in [4.69, 9.17) is 22.1 Å². The van der Waals surface area contributed by atoms with Crippen LogP contribution in [0.25, 0.3) is 0 Å². The largest absolute Gasteiger partial charge is 0.496 e. The summed E-state index contributed by atoms with van der Waals surface area (Å²) in [5.74, 6) is 0.0513. The molecule has 0 unspecified atom stereocenters. The number of methoxy groups -OCH3 is 1. The maximum absolute atomic E-state index is 12.5. The summed E-state index contributed by atoms with van der Waals surface area (Å²) in [4.78, 5) is 12.5. The summed E-state index contributed by atoms with van der Waals surface area (Å²) in [6.45, 7) is 0.868. The fourth-order valence-electron chi connectivity index (χ4n) is 3.01. The molecule has 25 heavy (non-hydrogen) atoms. The Balaban J connectivity index is 1.62. The number of anilines is 1. The first kappa shape index (κ1) is 18.3. The molecule has 7 nitrogen and oxygen atoms in total. The molecule has 1 saturated heterocycles. The number of nitrogens with zero attached hydrogens (tertiary/aromatic N) is 1. The molecule has 0 aromatic heterocycles. The fraction of sp³-hybridized carbons (Fsp3) is 0.562. The van der Waals surface area contributed by atoms with Gasteiger partial charge in [-0.05, 0) is 31.7 Å². The Labute approximate surface area is 152 Å². The lowest BCUT2D eigenvalue weighted by Gasteiger charge is -2.31. The second kappa shape index (κ2) is 7.01. The number of amides is 1. The average molecular weight is 388 g/mol. The molecule has 0 bridgehead atoms.